The molecule has 0 radical (unpaired) electrons. The van der Waals surface area contributed by atoms with Crippen LogP contribution in [-0.2, 0) is 4.79 Å². The standard InChI is InChI=1S/C13H23NO3/c15-8-10-6-11(7-12(10)16)14-13(17)5-9-3-1-2-4-9/h9-12,15-16H,1-8H2,(H,14,17)/t10-,11-,12-/m0/s1. The predicted molar refractivity (Wildman–Crippen MR) is 64.3 cm³/mol. The normalized spacial score (nSPS) is 34.1. The maximum atomic E-state index is 11.8. The van der Waals surface area contributed by atoms with Crippen LogP contribution < -0.4 is 5.32 Å². The molecule has 2 aliphatic rings. The van der Waals surface area contributed by atoms with E-state index >= 15 is 0 Å². The van der Waals surface area contributed by atoms with E-state index in [0.29, 0.717) is 25.2 Å². The van der Waals surface area contributed by atoms with E-state index in [1.54, 1.807) is 0 Å². The van der Waals surface area contributed by atoms with Crippen LogP contribution in [0.1, 0.15) is 44.9 Å². The Balaban J connectivity index is 1.71. The van der Waals surface area contributed by atoms with Crippen LogP contribution in [0.25, 0.3) is 0 Å². The van der Waals surface area contributed by atoms with Gasteiger partial charge in [0.25, 0.3) is 0 Å². The van der Waals surface area contributed by atoms with Crippen LogP contribution in [0.4, 0.5) is 0 Å². The van der Waals surface area contributed by atoms with Crippen LogP contribution in [0.2, 0.25) is 0 Å². The molecule has 0 aromatic carbocycles. The number of nitrogens with one attached hydrogen (secondary N) is 1. The summed E-state index contributed by atoms with van der Waals surface area (Å²) in [6.07, 6.45) is 6.34. The zero-order valence-electron chi connectivity index (χ0n) is 10.3. The highest BCUT2D eigenvalue weighted by molar-refractivity contribution is 5.76. The molecule has 2 aliphatic carbocycles. The Labute approximate surface area is 102 Å². The maximum absolute atomic E-state index is 11.8. The summed E-state index contributed by atoms with van der Waals surface area (Å²) in [6, 6.07) is 0.0519. The van der Waals surface area contributed by atoms with E-state index in [-0.39, 0.29) is 24.5 Å². The zero-order valence-corrected chi connectivity index (χ0v) is 10.3. The van der Waals surface area contributed by atoms with Crippen LogP contribution in [-0.4, -0.2) is 34.9 Å². The first-order valence-electron chi connectivity index (χ1n) is 6.77. The average Bonchev–Trinajstić information content (AvgIpc) is 2.88. The van der Waals surface area contributed by atoms with Gasteiger partial charge in [-0.15, -0.1) is 0 Å². The molecule has 0 aromatic heterocycles. The third-order valence-electron chi connectivity index (χ3n) is 4.21. The molecule has 4 heteroatoms. The lowest BCUT2D eigenvalue weighted by molar-refractivity contribution is -0.122. The molecular formula is C13H23NO3. The summed E-state index contributed by atoms with van der Waals surface area (Å²) in [4.78, 5) is 11.8. The van der Waals surface area contributed by atoms with E-state index in [4.69, 9.17) is 5.11 Å². The van der Waals surface area contributed by atoms with Gasteiger partial charge in [-0.1, -0.05) is 12.8 Å². The highest BCUT2D eigenvalue weighted by Crippen LogP contribution is 2.29. The summed E-state index contributed by atoms with van der Waals surface area (Å²) in [6.45, 7) is 0.0101. The van der Waals surface area contributed by atoms with Crippen molar-refractivity contribution in [3.63, 3.8) is 0 Å². The Bertz CT molecular complexity index is 263. The molecule has 2 fully saturated rings. The van der Waals surface area contributed by atoms with Crippen LogP contribution in [0.3, 0.4) is 0 Å². The van der Waals surface area contributed by atoms with Gasteiger partial charge in [0.2, 0.25) is 5.91 Å². The predicted octanol–water partition coefficient (Wildman–Crippen LogP) is 0.815. The smallest absolute Gasteiger partial charge is 0.220 e. The van der Waals surface area contributed by atoms with Gasteiger partial charge < -0.3 is 15.5 Å². The van der Waals surface area contributed by atoms with Crippen molar-refractivity contribution in [2.24, 2.45) is 11.8 Å². The zero-order chi connectivity index (χ0) is 12.3. The van der Waals surface area contributed by atoms with E-state index in [2.05, 4.69) is 5.32 Å². The van der Waals surface area contributed by atoms with Crippen molar-refractivity contribution in [2.75, 3.05) is 6.61 Å². The molecule has 0 aromatic rings. The molecule has 98 valence electrons. The van der Waals surface area contributed by atoms with Crippen molar-refractivity contribution in [1.29, 1.82) is 0 Å². The first kappa shape index (κ1) is 12.8. The first-order chi connectivity index (χ1) is 8.19. The van der Waals surface area contributed by atoms with Gasteiger partial charge >= 0.3 is 0 Å². The molecule has 3 atom stereocenters. The molecular weight excluding hydrogens is 218 g/mol. The molecule has 0 spiro atoms. The first-order valence-corrected chi connectivity index (χ1v) is 6.77. The second kappa shape index (κ2) is 5.83. The molecule has 0 heterocycles. The number of hydrogen-bond donors (Lipinski definition) is 3. The summed E-state index contributed by atoms with van der Waals surface area (Å²) < 4.78 is 0. The summed E-state index contributed by atoms with van der Waals surface area (Å²) in [7, 11) is 0. The lowest BCUT2D eigenvalue weighted by atomic mass is 10.0. The Morgan fingerprint density at radius 2 is 1.94 bits per heavy atom. The lowest BCUT2D eigenvalue weighted by Crippen LogP contribution is -2.34. The van der Waals surface area contributed by atoms with Crippen molar-refractivity contribution in [3.05, 3.63) is 0 Å². The number of carbonyl (C=O) groups excluding carboxylic acids is 1. The van der Waals surface area contributed by atoms with Gasteiger partial charge in [0.05, 0.1) is 6.10 Å². The minimum Gasteiger partial charge on any atom is -0.396 e. The van der Waals surface area contributed by atoms with Crippen LogP contribution in [0.5, 0.6) is 0 Å². The topological polar surface area (TPSA) is 69.6 Å². The molecule has 17 heavy (non-hydrogen) atoms. The maximum Gasteiger partial charge on any atom is 0.220 e. The number of amides is 1. The summed E-state index contributed by atoms with van der Waals surface area (Å²) >= 11 is 0. The van der Waals surface area contributed by atoms with Gasteiger partial charge in [0.15, 0.2) is 0 Å². The fourth-order valence-corrected chi connectivity index (χ4v) is 3.18. The van der Waals surface area contributed by atoms with E-state index in [1.165, 1.54) is 25.7 Å². The minimum atomic E-state index is -0.461. The molecule has 3 N–H and O–H groups in total. The number of aliphatic hydroxyl groups excluding tert-OH is 2. The molecule has 0 aliphatic heterocycles. The largest absolute Gasteiger partial charge is 0.396 e. The highest BCUT2D eigenvalue weighted by Gasteiger charge is 2.33. The van der Waals surface area contributed by atoms with Gasteiger partial charge in [0, 0.05) is 25.0 Å². The fraction of sp³-hybridized carbons (Fsp3) is 0.923. The van der Waals surface area contributed by atoms with E-state index in [9.17, 15) is 9.90 Å². The molecule has 4 nitrogen and oxygen atoms in total. The molecule has 2 saturated carbocycles. The lowest BCUT2D eigenvalue weighted by Gasteiger charge is -2.14. The van der Waals surface area contributed by atoms with Gasteiger partial charge in [-0.2, -0.15) is 0 Å². The van der Waals surface area contributed by atoms with Crippen molar-refractivity contribution in [2.45, 2.75) is 57.1 Å². The SMILES string of the molecule is O=C(CC1CCCC1)N[C@H]1C[C@@H](CO)[C@@H](O)C1. The van der Waals surface area contributed by atoms with Gasteiger partial charge in [0.1, 0.15) is 0 Å². The van der Waals surface area contributed by atoms with E-state index in [1.807, 2.05) is 0 Å². The van der Waals surface area contributed by atoms with Crippen molar-refractivity contribution in [1.82, 2.24) is 5.32 Å². The quantitative estimate of drug-likeness (QED) is 0.682. The monoisotopic (exact) mass is 241 g/mol. The Morgan fingerprint density at radius 1 is 1.24 bits per heavy atom. The summed E-state index contributed by atoms with van der Waals surface area (Å²) in [5, 5.41) is 21.7. The average molecular weight is 241 g/mol. The third-order valence-corrected chi connectivity index (χ3v) is 4.21. The third kappa shape index (κ3) is 3.42. The van der Waals surface area contributed by atoms with Crippen molar-refractivity contribution < 1.29 is 15.0 Å². The fourth-order valence-electron chi connectivity index (χ4n) is 3.18. The molecule has 1 amide bonds. The summed E-state index contributed by atoms with van der Waals surface area (Å²) in [5.41, 5.74) is 0. The molecule has 0 saturated heterocycles. The van der Waals surface area contributed by atoms with Gasteiger partial charge in [-0.25, -0.2) is 0 Å². The Hall–Kier alpha value is -0.610. The van der Waals surface area contributed by atoms with Crippen molar-refractivity contribution in [3.8, 4) is 0 Å². The Kier molecular flexibility index (Phi) is 4.40. The number of carbonyl (C=O) groups is 1. The molecule has 0 bridgehead atoms. The minimum absolute atomic E-state index is 0.0101. The molecule has 0 unspecified atom stereocenters. The van der Waals surface area contributed by atoms with Gasteiger partial charge in [-0.05, 0) is 31.6 Å². The summed E-state index contributed by atoms with van der Waals surface area (Å²) in [5.74, 6) is 0.620. The van der Waals surface area contributed by atoms with Crippen LogP contribution >= 0.6 is 0 Å². The molecule has 2 rings (SSSR count). The highest BCUT2D eigenvalue weighted by atomic mass is 16.3. The van der Waals surface area contributed by atoms with Crippen LogP contribution in [0.15, 0.2) is 0 Å². The van der Waals surface area contributed by atoms with E-state index < -0.39 is 6.10 Å². The number of hydrogen-bond acceptors (Lipinski definition) is 3. The second-order valence-electron chi connectivity index (χ2n) is 5.60. The van der Waals surface area contributed by atoms with E-state index in [0.717, 1.165) is 0 Å². The van der Waals surface area contributed by atoms with Crippen LogP contribution in [0, 0.1) is 11.8 Å². The van der Waals surface area contributed by atoms with Gasteiger partial charge in [-0.3, -0.25) is 4.79 Å². The number of aliphatic hydroxyl groups is 2. The number of rotatable bonds is 4. The van der Waals surface area contributed by atoms with Crippen molar-refractivity contribution >= 4 is 5.91 Å². The Morgan fingerprint density at radius 3 is 2.53 bits per heavy atom. The second-order valence-corrected chi connectivity index (χ2v) is 5.60.